The fourth-order valence-corrected chi connectivity index (χ4v) is 2.65. The summed E-state index contributed by atoms with van der Waals surface area (Å²) in [5, 5.41) is 0. The summed E-state index contributed by atoms with van der Waals surface area (Å²) >= 11 is 0. The Morgan fingerprint density at radius 3 is 2.84 bits per heavy atom. The number of aromatic nitrogens is 1. The molecule has 0 radical (unpaired) electrons. The average Bonchev–Trinajstić information content (AvgIpc) is 2.85. The molecule has 2 aromatic rings. The molecule has 1 aliphatic rings. The number of carbonyl (C=O) groups excluding carboxylic acids is 1. The molecule has 1 atom stereocenters. The van der Waals surface area contributed by atoms with Gasteiger partial charge in [0.1, 0.15) is 11.6 Å². The maximum absolute atomic E-state index is 12.8. The van der Waals surface area contributed by atoms with Crippen molar-refractivity contribution < 1.29 is 9.18 Å². The number of nitrogens with zero attached hydrogens (tertiary/aromatic N) is 1. The normalized spacial score (nSPS) is 17.2. The summed E-state index contributed by atoms with van der Waals surface area (Å²) in [7, 11) is 0. The van der Waals surface area contributed by atoms with Crippen LogP contribution in [0.1, 0.15) is 29.2 Å². The Bertz CT molecular complexity index is 606. The first-order chi connectivity index (χ1) is 9.24. The number of rotatable bonds is 3. The molecular weight excluding hydrogens is 241 g/mol. The van der Waals surface area contributed by atoms with Crippen LogP contribution >= 0.6 is 0 Å². The van der Waals surface area contributed by atoms with Gasteiger partial charge in [-0.3, -0.25) is 9.78 Å². The predicted molar refractivity (Wildman–Crippen MR) is 70.4 cm³/mol. The standard InChI is InChI=1S/C16H14FNO/c17-13-6-3-11(4-7-13)10-15(19)14-8-5-12-2-1-9-18-16(12)14/h1-4,6-7,9,14H,5,8,10H2. The molecule has 19 heavy (non-hydrogen) atoms. The van der Waals surface area contributed by atoms with Crippen LogP contribution in [-0.2, 0) is 17.6 Å². The molecule has 1 heterocycles. The van der Waals surface area contributed by atoms with E-state index in [0.717, 1.165) is 24.1 Å². The van der Waals surface area contributed by atoms with E-state index in [1.165, 1.54) is 17.7 Å². The molecule has 0 fully saturated rings. The van der Waals surface area contributed by atoms with Crippen LogP contribution in [0.4, 0.5) is 4.39 Å². The van der Waals surface area contributed by atoms with Gasteiger partial charge in [0.25, 0.3) is 0 Å². The van der Waals surface area contributed by atoms with Crippen LogP contribution in [0.3, 0.4) is 0 Å². The van der Waals surface area contributed by atoms with Crippen molar-refractivity contribution >= 4 is 5.78 Å². The first-order valence-corrected chi connectivity index (χ1v) is 6.45. The van der Waals surface area contributed by atoms with E-state index in [-0.39, 0.29) is 17.5 Å². The number of aryl methyl sites for hydroxylation is 1. The van der Waals surface area contributed by atoms with Crippen LogP contribution in [0.15, 0.2) is 42.6 Å². The summed E-state index contributed by atoms with van der Waals surface area (Å²) in [6.45, 7) is 0. The van der Waals surface area contributed by atoms with Crippen LogP contribution in [0, 0.1) is 5.82 Å². The SMILES string of the molecule is O=C(Cc1ccc(F)cc1)C1CCc2cccnc21. The van der Waals surface area contributed by atoms with Gasteiger partial charge in [-0.25, -0.2) is 4.39 Å². The van der Waals surface area contributed by atoms with Gasteiger partial charge in [-0.2, -0.15) is 0 Å². The van der Waals surface area contributed by atoms with E-state index in [2.05, 4.69) is 4.98 Å². The molecule has 1 aromatic carbocycles. The first kappa shape index (κ1) is 12.0. The molecule has 0 aliphatic heterocycles. The molecule has 96 valence electrons. The third-order valence-corrected chi connectivity index (χ3v) is 3.64. The highest BCUT2D eigenvalue weighted by molar-refractivity contribution is 5.88. The van der Waals surface area contributed by atoms with E-state index in [1.54, 1.807) is 18.3 Å². The van der Waals surface area contributed by atoms with E-state index in [1.807, 2.05) is 12.1 Å². The van der Waals surface area contributed by atoms with Gasteiger partial charge < -0.3 is 0 Å². The van der Waals surface area contributed by atoms with Gasteiger partial charge in [-0.1, -0.05) is 18.2 Å². The van der Waals surface area contributed by atoms with Gasteiger partial charge in [0, 0.05) is 12.6 Å². The minimum atomic E-state index is -0.274. The average molecular weight is 255 g/mol. The molecule has 0 bridgehead atoms. The number of hydrogen-bond acceptors (Lipinski definition) is 2. The molecule has 2 nitrogen and oxygen atoms in total. The van der Waals surface area contributed by atoms with E-state index in [9.17, 15) is 9.18 Å². The van der Waals surface area contributed by atoms with E-state index in [4.69, 9.17) is 0 Å². The van der Waals surface area contributed by atoms with E-state index < -0.39 is 0 Å². The van der Waals surface area contributed by atoms with Crippen LogP contribution in [0.2, 0.25) is 0 Å². The third kappa shape index (κ3) is 2.41. The largest absolute Gasteiger partial charge is 0.299 e. The van der Waals surface area contributed by atoms with Crippen LogP contribution in [-0.4, -0.2) is 10.8 Å². The number of halogens is 1. The van der Waals surface area contributed by atoms with Crippen LogP contribution in [0.25, 0.3) is 0 Å². The summed E-state index contributed by atoms with van der Waals surface area (Å²) in [5.74, 6) is -0.200. The number of fused-ring (bicyclic) bond motifs is 1. The fraction of sp³-hybridized carbons (Fsp3) is 0.250. The quantitative estimate of drug-likeness (QED) is 0.843. The number of benzene rings is 1. The molecule has 0 N–H and O–H groups in total. The molecule has 3 heteroatoms. The molecule has 0 saturated heterocycles. The van der Waals surface area contributed by atoms with E-state index >= 15 is 0 Å². The zero-order chi connectivity index (χ0) is 13.2. The van der Waals surface area contributed by atoms with Gasteiger partial charge in [-0.05, 0) is 42.2 Å². The second-order valence-electron chi connectivity index (χ2n) is 4.91. The Morgan fingerprint density at radius 1 is 1.26 bits per heavy atom. The zero-order valence-electron chi connectivity index (χ0n) is 10.5. The Balaban J connectivity index is 1.77. The van der Waals surface area contributed by atoms with Gasteiger partial charge in [0.15, 0.2) is 0 Å². The molecule has 0 amide bonds. The summed E-state index contributed by atoms with van der Waals surface area (Å²) < 4.78 is 12.8. The topological polar surface area (TPSA) is 30.0 Å². The van der Waals surface area contributed by atoms with Gasteiger partial charge in [-0.15, -0.1) is 0 Å². The van der Waals surface area contributed by atoms with Crippen molar-refractivity contribution in [2.75, 3.05) is 0 Å². The molecule has 0 spiro atoms. The summed E-state index contributed by atoms with van der Waals surface area (Å²) in [6, 6.07) is 10.1. The lowest BCUT2D eigenvalue weighted by molar-refractivity contribution is -0.119. The second kappa shape index (κ2) is 4.92. The van der Waals surface area contributed by atoms with Crippen molar-refractivity contribution in [2.45, 2.75) is 25.2 Å². The van der Waals surface area contributed by atoms with Crippen molar-refractivity contribution in [1.29, 1.82) is 0 Å². The second-order valence-corrected chi connectivity index (χ2v) is 4.91. The lowest BCUT2D eigenvalue weighted by Gasteiger charge is -2.09. The van der Waals surface area contributed by atoms with Crippen LogP contribution < -0.4 is 0 Å². The maximum atomic E-state index is 12.8. The summed E-state index contributed by atoms with van der Waals surface area (Å²) in [4.78, 5) is 16.7. The zero-order valence-corrected chi connectivity index (χ0v) is 10.5. The Morgan fingerprint density at radius 2 is 2.05 bits per heavy atom. The van der Waals surface area contributed by atoms with Crippen molar-refractivity contribution in [2.24, 2.45) is 0 Å². The summed E-state index contributed by atoms with van der Waals surface area (Å²) in [5.41, 5.74) is 2.96. The highest BCUT2D eigenvalue weighted by Crippen LogP contribution is 2.32. The molecular formula is C16H14FNO. The number of carbonyl (C=O) groups is 1. The number of Topliss-reactive ketones (excluding diaryl/α,β-unsaturated/α-hetero) is 1. The maximum Gasteiger partial charge on any atom is 0.146 e. The van der Waals surface area contributed by atoms with Gasteiger partial charge >= 0.3 is 0 Å². The minimum absolute atomic E-state index is 0.0961. The smallest absolute Gasteiger partial charge is 0.146 e. The third-order valence-electron chi connectivity index (χ3n) is 3.64. The molecule has 0 saturated carbocycles. The number of pyridine rings is 1. The lowest BCUT2D eigenvalue weighted by atomic mass is 9.95. The van der Waals surface area contributed by atoms with Crippen molar-refractivity contribution in [3.05, 3.63) is 65.2 Å². The highest BCUT2D eigenvalue weighted by Gasteiger charge is 2.29. The number of ketones is 1. The fourth-order valence-electron chi connectivity index (χ4n) is 2.65. The molecule has 1 aromatic heterocycles. The number of hydrogen-bond donors (Lipinski definition) is 0. The predicted octanol–water partition coefficient (Wildman–Crippen LogP) is 3.06. The molecule has 3 rings (SSSR count). The highest BCUT2D eigenvalue weighted by atomic mass is 19.1. The lowest BCUT2D eigenvalue weighted by Crippen LogP contribution is -2.13. The van der Waals surface area contributed by atoms with Crippen molar-refractivity contribution in [3.8, 4) is 0 Å². The van der Waals surface area contributed by atoms with Crippen LogP contribution in [0.5, 0.6) is 0 Å². The molecule has 1 unspecified atom stereocenters. The Labute approximate surface area is 111 Å². The van der Waals surface area contributed by atoms with Gasteiger partial charge in [0.05, 0.1) is 11.6 Å². The Kier molecular flexibility index (Phi) is 3.11. The minimum Gasteiger partial charge on any atom is -0.299 e. The first-order valence-electron chi connectivity index (χ1n) is 6.45. The monoisotopic (exact) mass is 255 g/mol. The molecule has 1 aliphatic carbocycles. The Hall–Kier alpha value is -2.03. The van der Waals surface area contributed by atoms with Crippen molar-refractivity contribution in [3.63, 3.8) is 0 Å². The van der Waals surface area contributed by atoms with E-state index in [0.29, 0.717) is 6.42 Å². The summed E-state index contributed by atoms with van der Waals surface area (Å²) in [6.07, 6.45) is 3.85. The van der Waals surface area contributed by atoms with Gasteiger partial charge in [0.2, 0.25) is 0 Å². The van der Waals surface area contributed by atoms with Crippen molar-refractivity contribution in [1.82, 2.24) is 4.98 Å².